The van der Waals surface area contributed by atoms with E-state index in [1.54, 1.807) is 74.2 Å². The molecular weight excluding hydrogens is 490 g/mol. The Bertz CT molecular complexity index is 1290. The van der Waals surface area contributed by atoms with Crippen molar-refractivity contribution in [2.45, 2.75) is 40.2 Å². The topological polar surface area (TPSA) is 66.9 Å². The second kappa shape index (κ2) is 12.0. The first-order valence-electron chi connectivity index (χ1n) is 12.4. The van der Waals surface area contributed by atoms with Crippen molar-refractivity contribution >= 4 is 23.5 Å². The zero-order valence-electron chi connectivity index (χ0n) is 22.3. The first-order valence-corrected chi connectivity index (χ1v) is 12.4. The Morgan fingerprint density at radius 3 is 1.92 bits per heavy atom. The van der Waals surface area contributed by atoms with Crippen molar-refractivity contribution in [2.75, 3.05) is 24.5 Å². The number of benzene rings is 3. The summed E-state index contributed by atoms with van der Waals surface area (Å²) in [7, 11) is 0. The number of hydrogen-bond donors (Lipinski definition) is 0. The van der Waals surface area contributed by atoms with Crippen LogP contribution in [0.3, 0.4) is 0 Å². The monoisotopic (exact) mass is 522 g/mol. The molecule has 0 aliphatic heterocycles. The van der Waals surface area contributed by atoms with Gasteiger partial charge in [0.1, 0.15) is 29.3 Å². The molecule has 0 bridgehead atoms. The summed E-state index contributed by atoms with van der Waals surface area (Å²) in [5, 5.41) is 0. The Hall–Kier alpha value is -4.07. The summed E-state index contributed by atoms with van der Waals surface area (Å²) < 4.78 is 34.4. The largest absolute Gasteiger partial charge is 0.459 e. The van der Waals surface area contributed by atoms with Crippen LogP contribution in [0.4, 0.5) is 14.5 Å². The number of nitrogens with zero attached hydrogens (tertiary/aromatic N) is 2. The lowest BCUT2D eigenvalue weighted by molar-refractivity contribution is -0.152. The molecule has 3 aromatic rings. The first-order chi connectivity index (χ1) is 17.9. The summed E-state index contributed by atoms with van der Waals surface area (Å²) in [4.78, 5) is 41.4. The molecule has 6 nitrogen and oxygen atoms in total. The van der Waals surface area contributed by atoms with Crippen LogP contribution in [0.25, 0.3) is 11.1 Å². The van der Waals surface area contributed by atoms with E-state index in [9.17, 15) is 23.2 Å². The van der Waals surface area contributed by atoms with E-state index in [1.165, 1.54) is 0 Å². The van der Waals surface area contributed by atoms with Crippen molar-refractivity contribution in [3.63, 3.8) is 0 Å². The van der Waals surface area contributed by atoms with E-state index in [1.807, 2.05) is 13.8 Å². The molecule has 0 aliphatic rings. The average molecular weight is 523 g/mol. The van der Waals surface area contributed by atoms with Gasteiger partial charge in [-0.15, -0.1) is 0 Å². The molecule has 3 rings (SSSR count). The Balaban J connectivity index is 1.99. The number of ether oxygens (including phenoxy) is 1. The molecule has 0 saturated heterocycles. The predicted molar refractivity (Wildman–Crippen MR) is 143 cm³/mol. The van der Waals surface area contributed by atoms with Gasteiger partial charge in [0.25, 0.3) is 11.8 Å². The van der Waals surface area contributed by atoms with Crippen molar-refractivity contribution in [1.82, 2.24) is 4.90 Å². The van der Waals surface area contributed by atoms with Crippen molar-refractivity contribution in [3.05, 3.63) is 89.5 Å². The first kappa shape index (κ1) is 28.5. The van der Waals surface area contributed by atoms with Gasteiger partial charge in [-0.05, 0) is 82.1 Å². The highest BCUT2D eigenvalue weighted by Gasteiger charge is 2.28. The van der Waals surface area contributed by atoms with E-state index in [2.05, 4.69) is 0 Å². The Morgan fingerprint density at radius 1 is 0.789 bits per heavy atom. The molecule has 8 heteroatoms. The summed E-state index contributed by atoms with van der Waals surface area (Å²) >= 11 is 0. The minimum atomic E-state index is -1.03. The minimum absolute atomic E-state index is 0.0728. The Morgan fingerprint density at radius 2 is 1.37 bits per heavy atom. The van der Waals surface area contributed by atoms with Crippen molar-refractivity contribution < 1.29 is 27.9 Å². The van der Waals surface area contributed by atoms with Crippen molar-refractivity contribution in [2.24, 2.45) is 0 Å². The van der Waals surface area contributed by atoms with Gasteiger partial charge in [-0.2, -0.15) is 0 Å². The second-order valence-corrected chi connectivity index (χ2v) is 9.68. The fourth-order valence-electron chi connectivity index (χ4n) is 3.97. The Labute approximate surface area is 221 Å². The van der Waals surface area contributed by atoms with Crippen LogP contribution >= 0.6 is 0 Å². The third-order valence-electron chi connectivity index (χ3n) is 5.80. The standard InChI is InChI=1S/C30H32F2N2O4/c1-6-33(7-2)28(36)21-16-14-20(15-17-21)22-10-8-11-23(18-22)34(19-26(35)38-30(3,4)5)29(37)27-24(31)12-9-13-25(27)32/h8-18H,6-7,19H2,1-5H3. The normalized spacial score (nSPS) is 11.1. The third-order valence-corrected chi connectivity index (χ3v) is 5.80. The van der Waals surface area contributed by atoms with Gasteiger partial charge < -0.3 is 9.64 Å². The van der Waals surface area contributed by atoms with Gasteiger partial charge in [-0.1, -0.05) is 30.3 Å². The molecule has 3 aromatic carbocycles. The summed E-state index contributed by atoms with van der Waals surface area (Å²) in [5.74, 6) is -3.88. The average Bonchev–Trinajstić information content (AvgIpc) is 2.87. The molecular formula is C30H32F2N2O4. The number of esters is 1. The van der Waals surface area contributed by atoms with Crippen LogP contribution in [-0.2, 0) is 9.53 Å². The van der Waals surface area contributed by atoms with Crippen LogP contribution in [0.15, 0.2) is 66.7 Å². The maximum atomic E-state index is 14.5. The molecule has 0 aromatic heterocycles. The number of carbonyl (C=O) groups is 3. The SMILES string of the molecule is CCN(CC)C(=O)c1ccc(-c2cccc(N(CC(=O)OC(C)(C)C)C(=O)c3c(F)cccc3F)c2)cc1. The van der Waals surface area contributed by atoms with Gasteiger partial charge in [0.05, 0.1) is 0 Å². The smallest absolute Gasteiger partial charge is 0.326 e. The van der Waals surface area contributed by atoms with Crippen LogP contribution in [0.1, 0.15) is 55.3 Å². The van der Waals surface area contributed by atoms with Crippen LogP contribution in [0, 0.1) is 11.6 Å². The number of halogens is 2. The molecule has 0 fully saturated rings. The summed E-state index contributed by atoms with van der Waals surface area (Å²) in [6, 6.07) is 16.8. The van der Waals surface area contributed by atoms with Crippen molar-refractivity contribution in [3.8, 4) is 11.1 Å². The van der Waals surface area contributed by atoms with E-state index < -0.39 is 41.2 Å². The van der Waals surface area contributed by atoms with E-state index >= 15 is 0 Å². The number of carbonyl (C=O) groups excluding carboxylic acids is 3. The quantitative estimate of drug-likeness (QED) is 0.335. The number of anilines is 1. The van der Waals surface area contributed by atoms with Gasteiger partial charge in [0, 0.05) is 24.3 Å². The molecule has 0 atom stereocenters. The van der Waals surface area contributed by atoms with Crippen LogP contribution < -0.4 is 4.90 Å². The maximum Gasteiger partial charge on any atom is 0.326 e. The van der Waals surface area contributed by atoms with Crippen LogP contribution in [0.2, 0.25) is 0 Å². The lowest BCUT2D eigenvalue weighted by atomic mass is 10.0. The molecule has 0 unspecified atom stereocenters. The zero-order valence-corrected chi connectivity index (χ0v) is 22.3. The molecule has 200 valence electrons. The molecule has 0 N–H and O–H groups in total. The third kappa shape index (κ3) is 6.82. The fraction of sp³-hybridized carbons (Fsp3) is 0.300. The van der Waals surface area contributed by atoms with Crippen LogP contribution in [0.5, 0.6) is 0 Å². The van der Waals surface area contributed by atoms with E-state index in [4.69, 9.17) is 4.74 Å². The van der Waals surface area contributed by atoms with Crippen molar-refractivity contribution in [1.29, 1.82) is 0 Å². The van der Waals surface area contributed by atoms with E-state index in [0.29, 0.717) is 24.2 Å². The van der Waals surface area contributed by atoms with Crippen LogP contribution in [-0.4, -0.2) is 47.9 Å². The predicted octanol–water partition coefficient (Wildman–Crippen LogP) is 6.10. The molecule has 0 aliphatic carbocycles. The fourth-order valence-corrected chi connectivity index (χ4v) is 3.97. The highest BCUT2D eigenvalue weighted by molar-refractivity contribution is 6.09. The lowest BCUT2D eigenvalue weighted by Gasteiger charge is -2.26. The minimum Gasteiger partial charge on any atom is -0.459 e. The molecule has 0 spiro atoms. The molecule has 38 heavy (non-hydrogen) atoms. The molecule has 0 saturated carbocycles. The van der Waals surface area contributed by atoms with Gasteiger partial charge in [0.15, 0.2) is 0 Å². The summed E-state index contributed by atoms with van der Waals surface area (Å²) in [6.45, 7) is 9.53. The second-order valence-electron chi connectivity index (χ2n) is 9.68. The lowest BCUT2D eigenvalue weighted by Crippen LogP contribution is -2.39. The van der Waals surface area contributed by atoms with E-state index in [0.717, 1.165) is 28.7 Å². The number of amides is 2. The van der Waals surface area contributed by atoms with E-state index in [-0.39, 0.29) is 11.6 Å². The maximum absolute atomic E-state index is 14.5. The van der Waals surface area contributed by atoms with Gasteiger partial charge in [0.2, 0.25) is 0 Å². The highest BCUT2D eigenvalue weighted by atomic mass is 19.1. The molecule has 0 heterocycles. The molecule has 0 radical (unpaired) electrons. The summed E-state index contributed by atoms with van der Waals surface area (Å²) in [6.07, 6.45) is 0. The highest BCUT2D eigenvalue weighted by Crippen LogP contribution is 2.28. The van der Waals surface area contributed by atoms with Gasteiger partial charge >= 0.3 is 5.97 Å². The number of hydrogen-bond acceptors (Lipinski definition) is 4. The van der Waals surface area contributed by atoms with Gasteiger partial charge in [-0.3, -0.25) is 19.3 Å². The zero-order chi connectivity index (χ0) is 28.0. The Kier molecular flexibility index (Phi) is 8.99. The number of rotatable bonds is 8. The summed E-state index contributed by atoms with van der Waals surface area (Å²) in [5.41, 5.74) is 0.654. The van der Waals surface area contributed by atoms with Gasteiger partial charge in [-0.25, -0.2) is 8.78 Å². The molecule has 2 amide bonds.